The molecule has 144 valence electrons. The molecule has 1 aromatic heterocycles. The van der Waals surface area contributed by atoms with Crippen molar-refractivity contribution in [3.05, 3.63) is 54.4 Å². The molecule has 5 nitrogen and oxygen atoms in total. The molecule has 1 saturated carbocycles. The number of para-hydroxylation sites is 1. The summed E-state index contributed by atoms with van der Waals surface area (Å²) in [6, 6.07) is 11.5. The number of carbonyl (C=O) groups is 1. The van der Waals surface area contributed by atoms with E-state index in [4.69, 9.17) is 0 Å². The first-order chi connectivity index (χ1) is 13.1. The molecule has 0 radical (unpaired) electrons. The molecule has 5 heteroatoms. The lowest BCUT2D eigenvalue weighted by Crippen LogP contribution is -2.30. The third kappa shape index (κ3) is 5.30. The number of nitrogens with one attached hydrogen (secondary N) is 1. The van der Waals surface area contributed by atoms with Crippen molar-refractivity contribution in [2.45, 2.75) is 58.0 Å². The van der Waals surface area contributed by atoms with Gasteiger partial charge in [-0.25, -0.2) is 9.69 Å². The summed E-state index contributed by atoms with van der Waals surface area (Å²) in [5, 5.41) is 13.4. The second kappa shape index (κ2) is 9.51. The van der Waals surface area contributed by atoms with Crippen LogP contribution in [0, 0.1) is 5.92 Å². The zero-order chi connectivity index (χ0) is 19.1. The minimum Gasteiger partial charge on any atom is -0.464 e. The maximum absolute atomic E-state index is 11.9. The van der Waals surface area contributed by atoms with Crippen molar-refractivity contribution in [2.75, 3.05) is 4.90 Å². The predicted octanol–water partition coefficient (Wildman–Crippen LogP) is 5.35. The van der Waals surface area contributed by atoms with Gasteiger partial charge < -0.3 is 10.4 Å². The Balaban J connectivity index is 1.70. The fourth-order valence-electron chi connectivity index (χ4n) is 4.01. The van der Waals surface area contributed by atoms with E-state index in [2.05, 4.69) is 17.2 Å². The number of nitrogens with zero attached hydrogens (tertiary/aromatic N) is 2. The summed E-state index contributed by atoms with van der Waals surface area (Å²) in [5.41, 5.74) is 2.26. The Bertz CT molecular complexity index is 729. The van der Waals surface area contributed by atoms with Crippen LogP contribution in [0.3, 0.4) is 0 Å². The SMILES string of the molecule is CC(CC1CCCCC1)NCc1ccccc1N(C(=O)O)c1ccncc1. The van der Waals surface area contributed by atoms with Gasteiger partial charge in [-0.15, -0.1) is 0 Å². The standard InChI is InChI=1S/C22H29N3O2/c1-17(15-18-7-3-2-4-8-18)24-16-19-9-5-6-10-21(19)25(22(26)27)20-11-13-23-14-12-20/h5-6,9-14,17-18,24H,2-4,7-8,15-16H2,1H3,(H,26,27). The number of rotatable bonds is 7. The first kappa shape index (κ1) is 19.4. The van der Waals surface area contributed by atoms with Gasteiger partial charge in [-0.3, -0.25) is 4.98 Å². The summed E-state index contributed by atoms with van der Waals surface area (Å²) in [7, 11) is 0. The highest BCUT2D eigenvalue weighted by Crippen LogP contribution is 2.30. The normalized spacial score (nSPS) is 16.0. The van der Waals surface area contributed by atoms with Crippen LogP contribution in [-0.4, -0.2) is 22.2 Å². The quantitative estimate of drug-likeness (QED) is 0.693. The summed E-state index contributed by atoms with van der Waals surface area (Å²) in [4.78, 5) is 17.2. The summed E-state index contributed by atoms with van der Waals surface area (Å²) >= 11 is 0. The average molecular weight is 367 g/mol. The Kier molecular flexibility index (Phi) is 6.82. The molecular formula is C22H29N3O2. The third-order valence-corrected chi connectivity index (χ3v) is 5.40. The van der Waals surface area contributed by atoms with Crippen molar-refractivity contribution in [3.8, 4) is 0 Å². The molecule has 1 atom stereocenters. The van der Waals surface area contributed by atoms with Gasteiger partial charge in [0.2, 0.25) is 0 Å². The molecule has 0 saturated heterocycles. The van der Waals surface area contributed by atoms with Gasteiger partial charge >= 0.3 is 6.09 Å². The molecule has 1 unspecified atom stereocenters. The van der Waals surface area contributed by atoms with Crippen molar-refractivity contribution in [1.82, 2.24) is 10.3 Å². The largest absolute Gasteiger partial charge is 0.464 e. The molecule has 0 aliphatic heterocycles. The van der Waals surface area contributed by atoms with E-state index < -0.39 is 6.09 Å². The van der Waals surface area contributed by atoms with Crippen molar-refractivity contribution in [2.24, 2.45) is 5.92 Å². The van der Waals surface area contributed by atoms with Crippen LogP contribution < -0.4 is 10.2 Å². The van der Waals surface area contributed by atoms with Crippen molar-refractivity contribution in [3.63, 3.8) is 0 Å². The Morgan fingerprint density at radius 1 is 1.19 bits per heavy atom. The zero-order valence-corrected chi connectivity index (χ0v) is 16.0. The molecule has 3 rings (SSSR count). The number of benzene rings is 1. The fraction of sp³-hybridized carbons (Fsp3) is 0.455. The lowest BCUT2D eigenvalue weighted by atomic mass is 9.85. The number of pyridine rings is 1. The van der Waals surface area contributed by atoms with E-state index in [9.17, 15) is 9.90 Å². The third-order valence-electron chi connectivity index (χ3n) is 5.40. The Hall–Kier alpha value is -2.40. The van der Waals surface area contributed by atoms with Crippen LogP contribution in [0.5, 0.6) is 0 Å². The van der Waals surface area contributed by atoms with Crippen LogP contribution in [0.4, 0.5) is 16.2 Å². The van der Waals surface area contributed by atoms with Crippen LogP contribution in [0.1, 0.15) is 51.0 Å². The van der Waals surface area contributed by atoms with Crippen molar-refractivity contribution in [1.29, 1.82) is 0 Å². The van der Waals surface area contributed by atoms with Gasteiger partial charge in [0, 0.05) is 25.0 Å². The minimum atomic E-state index is -0.996. The molecule has 1 aliphatic rings. The summed E-state index contributed by atoms with van der Waals surface area (Å²) in [6.45, 7) is 2.88. The van der Waals surface area contributed by atoms with E-state index in [1.165, 1.54) is 43.4 Å². The van der Waals surface area contributed by atoms with E-state index >= 15 is 0 Å². The number of anilines is 2. The number of carboxylic acid groups (broad SMARTS) is 1. The van der Waals surface area contributed by atoms with Gasteiger partial charge in [0.1, 0.15) is 0 Å². The van der Waals surface area contributed by atoms with Crippen molar-refractivity contribution < 1.29 is 9.90 Å². The second-order valence-electron chi connectivity index (χ2n) is 7.47. The number of aromatic nitrogens is 1. The first-order valence-electron chi connectivity index (χ1n) is 9.89. The molecule has 0 spiro atoms. The highest BCUT2D eigenvalue weighted by Gasteiger charge is 2.20. The molecule has 1 amide bonds. The molecular weight excluding hydrogens is 338 g/mol. The van der Waals surface area contributed by atoms with Crippen LogP contribution >= 0.6 is 0 Å². The van der Waals surface area contributed by atoms with Gasteiger partial charge in [-0.1, -0.05) is 50.3 Å². The molecule has 2 aromatic rings. The maximum Gasteiger partial charge on any atom is 0.416 e. The molecule has 1 fully saturated rings. The molecule has 2 N–H and O–H groups in total. The first-order valence-corrected chi connectivity index (χ1v) is 9.89. The fourth-order valence-corrected chi connectivity index (χ4v) is 4.01. The number of hydrogen-bond acceptors (Lipinski definition) is 3. The van der Waals surface area contributed by atoms with Gasteiger partial charge in [0.05, 0.1) is 11.4 Å². The van der Waals surface area contributed by atoms with Crippen LogP contribution in [-0.2, 0) is 6.54 Å². The smallest absolute Gasteiger partial charge is 0.416 e. The Morgan fingerprint density at radius 3 is 2.59 bits per heavy atom. The molecule has 1 heterocycles. The van der Waals surface area contributed by atoms with Gasteiger partial charge in [0.15, 0.2) is 0 Å². The van der Waals surface area contributed by atoms with E-state index in [1.54, 1.807) is 24.5 Å². The Labute approximate surface area is 161 Å². The molecule has 1 aliphatic carbocycles. The zero-order valence-electron chi connectivity index (χ0n) is 16.0. The topological polar surface area (TPSA) is 65.5 Å². The summed E-state index contributed by atoms with van der Waals surface area (Å²) < 4.78 is 0. The summed E-state index contributed by atoms with van der Waals surface area (Å²) in [5.74, 6) is 0.823. The van der Waals surface area contributed by atoms with Gasteiger partial charge in [-0.2, -0.15) is 0 Å². The Morgan fingerprint density at radius 2 is 1.89 bits per heavy atom. The molecule has 1 aromatic carbocycles. The highest BCUT2D eigenvalue weighted by molar-refractivity contribution is 5.95. The lowest BCUT2D eigenvalue weighted by Gasteiger charge is -2.26. The van der Waals surface area contributed by atoms with Crippen LogP contribution in [0.25, 0.3) is 0 Å². The average Bonchev–Trinajstić information content (AvgIpc) is 2.69. The lowest BCUT2D eigenvalue weighted by molar-refractivity contribution is 0.204. The predicted molar refractivity (Wildman–Crippen MR) is 108 cm³/mol. The molecule has 27 heavy (non-hydrogen) atoms. The number of hydrogen-bond donors (Lipinski definition) is 2. The number of amides is 1. The summed E-state index contributed by atoms with van der Waals surface area (Å²) in [6.07, 6.45) is 10.2. The maximum atomic E-state index is 11.9. The van der Waals surface area contributed by atoms with E-state index in [-0.39, 0.29) is 0 Å². The van der Waals surface area contributed by atoms with E-state index in [0.29, 0.717) is 24.0 Å². The van der Waals surface area contributed by atoms with Gasteiger partial charge in [0.25, 0.3) is 0 Å². The van der Waals surface area contributed by atoms with E-state index in [1.807, 2.05) is 24.3 Å². The van der Waals surface area contributed by atoms with Gasteiger partial charge in [-0.05, 0) is 43.0 Å². The second-order valence-corrected chi connectivity index (χ2v) is 7.47. The highest BCUT2D eigenvalue weighted by atomic mass is 16.4. The van der Waals surface area contributed by atoms with Crippen molar-refractivity contribution >= 4 is 17.5 Å². The monoisotopic (exact) mass is 367 g/mol. The van der Waals surface area contributed by atoms with Crippen LogP contribution in [0.2, 0.25) is 0 Å². The molecule has 0 bridgehead atoms. The van der Waals surface area contributed by atoms with Crippen LogP contribution in [0.15, 0.2) is 48.8 Å². The van der Waals surface area contributed by atoms with E-state index in [0.717, 1.165) is 11.5 Å². The minimum absolute atomic E-state index is 0.417.